The molecule has 0 fully saturated rings. The average molecular weight is 333 g/mol. The highest BCUT2D eigenvalue weighted by Gasteiger charge is 2.17. The Balaban J connectivity index is 2.65. The van der Waals surface area contributed by atoms with E-state index in [0.29, 0.717) is 17.1 Å². The first-order valence-corrected chi connectivity index (χ1v) is 6.73. The monoisotopic (exact) mass is 333 g/mol. The van der Waals surface area contributed by atoms with Crippen molar-refractivity contribution in [2.75, 3.05) is 14.2 Å². The Bertz CT molecular complexity index is 859. The molecule has 2 aromatic rings. The van der Waals surface area contributed by atoms with Crippen molar-refractivity contribution in [2.45, 2.75) is 6.54 Å². The van der Waals surface area contributed by atoms with Crippen LogP contribution in [0.3, 0.4) is 0 Å². The predicted molar refractivity (Wildman–Crippen MR) is 83.2 cm³/mol. The SMILES string of the molecule is COc1ccc(-c2cc(C(=O)O)c(=O)n(CC(N)=O)n2)cc1OC. The number of carboxylic acids is 1. The molecule has 1 aromatic carbocycles. The minimum absolute atomic E-state index is 0.175. The number of hydrogen-bond donors (Lipinski definition) is 2. The van der Waals surface area contributed by atoms with Gasteiger partial charge in [0.2, 0.25) is 5.91 Å². The Kier molecular flexibility index (Phi) is 4.83. The van der Waals surface area contributed by atoms with Crippen LogP contribution in [0.1, 0.15) is 10.4 Å². The minimum atomic E-state index is -1.43. The molecule has 24 heavy (non-hydrogen) atoms. The Labute approximate surface area is 136 Å². The zero-order valence-electron chi connectivity index (χ0n) is 13.0. The van der Waals surface area contributed by atoms with Gasteiger partial charge in [-0.05, 0) is 24.3 Å². The molecule has 0 radical (unpaired) electrons. The fourth-order valence-electron chi connectivity index (χ4n) is 2.09. The normalized spacial score (nSPS) is 10.2. The van der Waals surface area contributed by atoms with Gasteiger partial charge in [0.05, 0.1) is 19.9 Å². The van der Waals surface area contributed by atoms with Crippen LogP contribution < -0.4 is 20.8 Å². The van der Waals surface area contributed by atoms with Crippen LogP contribution in [0.25, 0.3) is 11.3 Å². The smallest absolute Gasteiger partial charge is 0.341 e. The summed E-state index contributed by atoms with van der Waals surface area (Å²) in [4.78, 5) is 34.4. The molecule has 3 N–H and O–H groups in total. The van der Waals surface area contributed by atoms with Crippen molar-refractivity contribution >= 4 is 11.9 Å². The molecular formula is C15H15N3O6. The van der Waals surface area contributed by atoms with Gasteiger partial charge in [0.25, 0.3) is 5.56 Å². The van der Waals surface area contributed by atoms with Gasteiger partial charge in [-0.1, -0.05) is 0 Å². The fraction of sp³-hybridized carbons (Fsp3) is 0.200. The highest BCUT2D eigenvalue weighted by atomic mass is 16.5. The minimum Gasteiger partial charge on any atom is -0.493 e. The standard InChI is InChI=1S/C15H15N3O6/c1-23-11-4-3-8(5-12(11)24-2)10-6-9(15(21)22)14(20)18(17-10)7-13(16)19/h3-6H,7H2,1-2H3,(H2,16,19)(H,21,22). The van der Waals surface area contributed by atoms with Gasteiger partial charge in [-0.25, -0.2) is 9.48 Å². The summed E-state index contributed by atoms with van der Waals surface area (Å²) in [6, 6.07) is 5.93. The highest BCUT2D eigenvalue weighted by molar-refractivity contribution is 5.88. The van der Waals surface area contributed by atoms with E-state index < -0.39 is 29.5 Å². The predicted octanol–water partition coefficient (Wildman–Crippen LogP) is 0.111. The number of benzene rings is 1. The maximum absolute atomic E-state index is 12.0. The van der Waals surface area contributed by atoms with Gasteiger partial charge in [-0.15, -0.1) is 0 Å². The maximum atomic E-state index is 12.0. The molecule has 1 aromatic heterocycles. The van der Waals surface area contributed by atoms with E-state index in [-0.39, 0.29) is 5.69 Å². The number of carbonyl (C=O) groups is 2. The summed E-state index contributed by atoms with van der Waals surface area (Å²) < 4.78 is 11.0. The lowest BCUT2D eigenvalue weighted by Crippen LogP contribution is -2.33. The van der Waals surface area contributed by atoms with Gasteiger partial charge in [-0.3, -0.25) is 9.59 Å². The molecule has 0 saturated carbocycles. The van der Waals surface area contributed by atoms with Crippen LogP contribution in [0.2, 0.25) is 0 Å². The summed E-state index contributed by atoms with van der Waals surface area (Å²) in [5.74, 6) is -1.36. The highest BCUT2D eigenvalue weighted by Crippen LogP contribution is 2.31. The Morgan fingerprint density at radius 2 is 1.88 bits per heavy atom. The zero-order valence-corrected chi connectivity index (χ0v) is 13.0. The van der Waals surface area contributed by atoms with E-state index in [1.165, 1.54) is 14.2 Å². The second-order valence-electron chi connectivity index (χ2n) is 4.75. The first-order valence-electron chi connectivity index (χ1n) is 6.73. The summed E-state index contributed by atoms with van der Waals surface area (Å²) in [6.45, 7) is -0.528. The molecule has 0 aliphatic rings. The van der Waals surface area contributed by atoms with E-state index >= 15 is 0 Å². The van der Waals surface area contributed by atoms with Crippen molar-refractivity contribution in [2.24, 2.45) is 5.73 Å². The molecule has 0 unspecified atom stereocenters. The Hall–Kier alpha value is -3.36. The van der Waals surface area contributed by atoms with Gasteiger partial charge in [-0.2, -0.15) is 5.10 Å². The van der Waals surface area contributed by atoms with Gasteiger partial charge < -0.3 is 20.3 Å². The van der Waals surface area contributed by atoms with Crippen LogP contribution in [0, 0.1) is 0 Å². The van der Waals surface area contributed by atoms with Crippen LogP contribution in [0.15, 0.2) is 29.1 Å². The van der Waals surface area contributed by atoms with Gasteiger partial charge in [0.15, 0.2) is 11.5 Å². The van der Waals surface area contributed by atoms with Crippen molar-refractivity contribution in [3.05, 3.63) is 40.2 Å². The summed E-state index contributed by atoms with van der Waals surface area (Å²) in [6.07, 6.45) is 0. The number of rotatable bonds is 6. The maximum Gasteiger partial charge on any atom is 0.341 e. The number of aromatic carboxylic acids is 1. The second kappa shape index (κ2) is 6.82. The number of primary amides is 1. The van der Waals surface area contributed by atoms with Crippen LogP contribution in [0.5, 0.6) is 11.5 Å². The van der Waals surface area contributed by atoms with Crippen LogP contribution >= 0.6 is 0 Å². The zero-order chi connectivity index (χ0) is 17.9. The van der Waals surface area contributed by atoms with Crippen molar-refractivity contribution in [3.8, 4) is 22.8 Å². The van der Waals surface area contributed by atoms with E-state index in [0.717, 1.165) is 10.7 Å². The lowest BCUT2D eigenvalue weighted by atomic mass is 10.1. The summed E-state index contributed by atoms with van der Waals surface area (Å²) in [5, 5.41) is 13.2. The lowest BCUT2D eigenvalue weighted by Gasteiger charge is -2.11. The lowest BCUT2D eigenvalue weighted by molar-refractivity contribution is -0.118. The van der Waals surface area contributed by atoms with Crippen molar-refractivity contribution in [1.82, 2.24) is 9.78 Å². The van der Waals surface area contributed by atoms with E-state index in [2.05, 4.69) is 5.10 Å². The van der Waals surface area contributed by atoms with Crippen molar-refractivity contribution in [1.29, 1.82) is 0 Å². The molecule has 126 valence electrons. The summed E-state index contributed by atoms with van der Waals surface area (Å²) in [7, 11) is 2.93. The molecule has 9 heteroatoms. The van der Waals surface area contributed by atoms with Crippen molar-refractivity contribution in [3.63, 3.8) is 0 Å². The molecule has 0 atom stereocenters. The number of hydrogen-bond acceptors (Lipinski definition) is 6. The van der Waals surface area contributed by atoms with E-state index in [4.69, 9.17) is 15.2 Å². The molecule has 0 aliphatic carbocycles. The third-order valence-electron chi connectivity index (χ3n) is 3.19. The van der Waals surface area contributed by atoms with Crippen LogP contribution in [0.4, 0.5) is 0 Å². The molecule has 1 amide bonds. The van der Waals surface area contributed by atoms with E-state index in [9.17, 15) is 19.5 Å². The number of amides is 1. The average Bonchev–Trinajstić information content (AvgIpc) is 2.55. The number of ether oxygens (including phenoxy) is 2. The first kappa shape index (κ1) is 17.0. The van der Waals surface area contributed by atoms with Crippen LogP contribution in [-0.4, -0.2) is 41.0 Å². The number of nitrogens with zero attached hydrogens (tertiary/aromatic N) is 2. The number of carbonyl (C=O) groups excluding carboxylic acids is 1. The van der Waals surface area contributed by atoms with E-state index in [1.807, 2.05) is 0 Å². The molecule has 0 spiro atoms. The third-order valence-corrected chi connectivity index (χ3v) is 3.19. The number of methoxy groups -OCH3 is 2. The van der Waals surface area contributed by atoms with Gasteiger partial charge in [0, 0.05) is 5.56 Å². The molecule has 0 aliphatic heterocycles. The van der Waals surface area contributed by atoms with Gasteiger partial charge >= 0.3 is 5.97 Å². The number of carboxylic acid groups (broad SMARTS) is 1. The Morgan fingerprint density at radius 3 is 2.42 bits per heavy atom. The quantitative estimate of drug-likeness (QED) is 0.766. The summed E-state index contributed by atoms with van der Waals surface area (Å²) in [5.41, 5.74) is 4.30. The largest absolute Gasteiger partial charge is 0.493 e. The fourth-order valence-corrected chi connectivity index (χ4v) is 2.09. The summed E-state index contributed by atoms with van der Waals surface area (Å²) >= 11 is 0. The molecule has 2 rings (SSSR count). The van der Waals surface area contributed by atoms with E-state index in [1.54, 1.807) is 18.2 Å². The first-order chi connectivity index (χ1) is 11.4. The molecule has 0 saturated heterocycles. The number of aromatic nitrogens is 2. The molecule has 1 heterocycles. The molecular weight excluding hydrogens is 318 g/mol. The molecule has 9 nitrogen and oxygen atoms in total. The number of nitrogens with two attached hydrogens (primary N) is 1. The van der Waals surface area contributed by atoms with Crippen molar-refractivity contribution < 1.29 is 24.2 Å². The topological polar surface area (TPSA) is 134 Å². The van der Waals surface area contributed by atoms with Gasteiger partial charge in [0.1, 0.15) is 12.1 Å². The third kappa shape index (κ3) is 3.35. The molecule has 0 bridgehead atoms. The Morgan fingerprint density at radius 1 is 1.21 bits per heavy atom. The van der Waals surface area contributed by atoms with Crippen LogP contribution in [-0.2, 0) is 11.3 Å². The second-order valence-corrected chi connectivity index (χ2v) is 4.75.